The van der Waals surface area contributed by atoms with Crippen LogP contribution in [0.25, 0.3) is 0 Å². The molecule has 0 heterocycles. The second-order valence-corrected chi connectivity index (χ2v) is 18.5. The first-order valence-electron chi connectivity index (χ1n) is 5.21. The Kier molecular flexibility index (Phi) is 5.60. The lowest BCUT2D eigenvalue weighted by Gasteiger charge is -2.38. The van der Waals surface area contributed by atoms with Crippen LogP contribution in [0.15, 0.2) is 0 Å². The smallest absolute Gasteiger partial charge is 0.146 e. The predicted octanol–water partition coefficient (Wildman–Crippen LogP) is 4.97. The summed E-state index contributed by atoms with van der Waals surface area (Å²) >= 11 is 12.7. The number of rotatable bonds is 5. The topological polar surface area (TPSA) is 0 Å². The Balaban J connectivity index is 4.73. The van der Waals surface area contributed by atoms with Gasteiger partial charge in [-0.1, -0.05) is 45.8 Å². The second-order valence-electron chi connectivity index (χ2n) is 4.10. The van der Waals surface area contributed by atoms with Crippen molar-refractivity contribution in [3.8, 4) is 0 Å². The van der Waals surface area contributed by atoms with Gasteiger partial charge in [-0.25, -0.2) is 0 Å². The summed E-state index contributed by atoms with van der Waals surface area (Å²) < 4.78 is 0. The van der Waals surface area contributed by atoms with Gasteiger partial charge in [0.15, 0.2) is 0 Å². The molecule has 1 unspecified atom stereocenters. The number of halogens is 2. The monoisotopic (exact) mass is 256 g/mol. The van der Waals surface area contributed by atoms with Crippen molar-refractivity contribution in [1.29, 1.82) is 0 Å². The normalized spacial score (nSPS) is 15.9. The summed E-state index contributed by atoms with van der Waals surface area (Å²) in [5, 5.41) is 0.614. The van der Waals surface area contributed by atoms with Crippen LogP contribution < -0.4 is 0 Å². The van der Waals surface area contributed by atoms with Crippen molar-refractivity contribution in [3.63, 3.8) is 0 Å². The Morgan fingerprint density at radius 3 is 1.38 bits per heavy atom. The van der Waals surface area contributed by atoms with Gasteiger partial charge < -0.3 is 0 Å². The van der Waals surface area contributed by atoms with Gasteiger partial charge in [0.1, 0.15) is 0 Å². The molecular formula is C9H22Cl2Si2. The average molecular weight is 257 g/mol. The third-order valence-electron chi connectivity index (χ3n) is 3.79. The highest BCUT2D eigenvalue weighted by molar-refractivity contribution is 7.48. The minimum Gasteiger partial charge on any atom is -0.146 e. The van der Waals surface area contributed by atoms with E-state index in [1.54, 1.807) is 0 Å². The molecule has 0 aliphatic heterocycles. The molecule has 0 bridgehead atoms. The van der Waals surface area contributed by atoms with Crippen molar-refractivity contribution in [2.24, 2.45) is 0 Å². The first kappa shape index (κ1) is 14.0. The van der Waals surface area contributed by atoms with E-state index >= 15 is 0 Å². The molecule has 0 aliphatic rings. The van der Waals surface area contributed by atoms with Crippen LogP contribution in [0.5, 0.6) is 0 Å². The summed E-state index contributed by atoms with van der Waals surface area (Å²) in [6.07, 6.45) is 0. The Hall–Kier alpha value is 1.01. The minimum absolute atomic E-state index is 0.614. The van der Waals surface area contributed by atoms with Gasteiger partial charge in [-0.2, -0.15) is 0 Å². The van der Waals surface area contributed by atoms with Gasteiger partial charge in [0, 0.05) is 0 Å². The molecule has 0 fully saturated rings. The van der Waals surface area contributed by atoms with Gasteiger partial charge in [0.25, 0.3) is 0 Å². The zero-order valence-corrected chi connectivity index (χ0v) is 13.0. The summed E-state index contributed by atoms with van der Waals surface area (Å²) in [7, 11) is -1.16. The number of hydrogen-bond donors (Lipinski definition) is 0. The van der Waals surface area contributed by atoms with Gasteiger partial charge in [0.05, 0.1) is 8.07 Å². The van der Waals surface area contributed by atoms with E-state index in [2.05, 4.69) is 34.2 Å². The maximum absolute atomic E-state index is 6.34. The van der Waals surface area contributed by atoms with Gasteiger partial charge in [0.2, 0.25) is 6.69 Å². The molecule has 0 nitrogen and oxygen atoms in total. The molecule has 13 heavy (non-hydrogen) atoms. The maximum atomic E-state index is 6.34. The maximum Gasteiger partial charge on any atom is 0.248 e. The lowest BCUT2D eigenvalue weighted by Crippen LogP contribution is -2.45. The third-order valence-corrected chi connectivity index (χ3v) is 18.0. The van der Waals surface area contributed by atoms with Crippen molar-refractivity contribution in [2.45, 2.75) is 57.5 Å². The van der Waals surface area contributed by atoms with E-state index < -0.39 is 14.8 Å². The van der Waals surface area contributed by atoms with Gasteiger partial charge >= 0.3 is 0 Å². The van der Waals surface area contributed by atoms with Crippen LogP contribution in [-0.2, 0) is 0 Å². The third kappa shape index (κ3) is 3.26. The fourth-order valence-electron chi connectivity index (χ4n) is 2.21. The van der Waals surface area contributed by atoms with E-state index in [-0.39, 0.29) is 0 Å². The molecular weight excluding hydrogens is 235 g/mol. The lowest BCUT2D eigenvalue weighted by atomic mass is 10.9. The Morgan fingerprint density at radius 2 is 1.31 bits per heavy atom. The Bertz CT molecular complexity index is 142. The van der Waals surface area contributed by atoms with Crippen molar-refractivity contribution >= 4 is 36.9 Å². The molecule has 80 valence electrons. The van der Waals surface area contributed by atoms with Gasteiger partial charge in [-0.05, 0) is 11.7 Å². The fourth-order valence-corrected chi connectivity index (χ4v) is 15.8. The highest BCUT2D eigenvalue weighted by atomic mass is 35.7. The summed E-state index contributed by atoms with van der Waals surface area (Å²) in [6, 6.07) is 3.97. The SMILES string of the molecule is CC[Si](CC)(CC)C(C)[Si](C)(Cl)Cl. The van der Waals surface area contributed by atoms with E-state index in [1.807, 2.05) is 0 Å². The predicted molar refractivity (Wildman–Crippen MR) is 69.9 cm³/mol. The molecule has 0 amide bonds. The second kappa shape index (κ2) is 5.20. The Morgan fingerprint density at radius 1 is 1.00 bits per heavy atom. The van der Waals surface area contributed by atoms with Crippen LogP contribution in [0.3, 0.4) is 0 Å². The standard InChI is InChI=1S/C9H22Cl2Si2/c1-6-13(7-2,8-3)9(4)12(5,10)11/h9H,6-8H2,1-5H3. The van der Waals surface area contributed by atoms with Crippen LogP contribution in [0.1, 0.15) is 27.7 Å². The van der Waals surface area contributed by atoms with E-state index in [1.165, 1.54) is 18.1 Å². The molecule has 0 aromatic carbocycles. The van der Waals surface area contributed by atoms with Crippen molar-refractivity contribution in [3.05, 3.63) is 0 Å². The highest BCUT2D eigenvalue weighted by Crippen LogP contribution is 2.42. The lowest BCUT2D eigenvalue weighted by molar-refractivity contribution is 1.06. The highest BCUT2D eigenvalue weighted by Gasteiger charge is 2.44. The molecule has 0 saturated carbocycles. The van der Waals surface area contributed by atoms with E-state index in [0.29, 0.717) is 5.16 Å². The molecule has 1 atom stereocenters. The molecule has 0 aromatic rings. The van der Waals surface area contributed by atoms with Crippen molar-refractivity contribution in [2.75, 3.05) is 0 Å². The molecule has 0 rings (SSSR count). The Labute approximate surface area is 94.4 Å². The quantitative estimate of drug-likeness (QED) is 0.481. The largest absolute Gasteiger partial charge is 0.248 e. The molecule has 0 spiro atoms. The first-order valence-corrected chi connectivity index (χ1v) is 12.5. The van der Waals surface area contributed by atoms with Crippen LogP contribution >= 0.6 is 22.2 Å². The van der Waals surface area contributed by atoms with E-state index in [9.17, 15) is 0 Å². The van der Waals surface area contributed by atoms with Crippen LogP contribution in [0, 0.1) is 0 Å². The van der Waals surface area contributed by atoms with E-state index in [0.717, 1.165) is 0 Å². The first-order chi connectivity index (χ1) is 5.84. The minimum atomic E-state index is -1.95. The van der Waals surface area contributed by atoms with Gasteiger partial charge in [-0.15, -0.1) is 22.2 Å². The zero-order valence-electron chi connectivity index (χ0n) is 9.45. The molecule has 0 aliphatic carbocycles. The summed E-state index contributed by atoms with van der Waals surface area (Å²) in [5.41, 5.74) is 0. The van der Waals surface area contributed by atoms with Gasteiger partial charge in [-0.3, -0.25) is 0 Å². The molecule has 0 aromatic heterocycles. The molecule has 0 N–H and O–H groups in total. The molecule has 0 saturated heterocycles. The fraction of sp³-hybridized carbons (Fsp3) is 1.00. The van der Waals surface area contributed by atoms with Crippen LogP contribution in [-0.4, -0.2) is 14.8 Å². The van der Waals surface area contributed by atoms with E-state index in [4.69, 9.17) is 22.2 Å². The van der Waals surface area contributed by atoms with Crippen LogP contribution in [0.2, 0.25) is 29.8 Å². The average Bonchev–Trinajstić information content (AvgIpc) is 2.07. The van der Waals surface area contributed by atoms with Crippen molar-refractivity contribution in [1.82, 2.24) is 0 Å². The van der Waals surface area contributed by atoms with Crippen molar-refractivity contribution < 1.29 is 0 Å². The molecule has 0 radical (unpaired) electrons. The molecule has 4 heteroatoms. The summed E-state index contributed by atoms with van der Waals surface area (Å²) in [6.45, 7) is 9.33. The number of hydrogen-bond acceptors (Lipinski definition) is 0. The zero-order chi connectivity index (χ0) is 10.7. The summed E-state index contributed by atoms with van der Waals surface area (Å²) in [5.74, 6) is 0. The summed E-state index contributed by atoms with van der Waals surface area (Å²) in [4.78, 5) is 0. The van der Waals surface area contributed by atoms with Crippen LogP contribution in [0.4, 0.5) is 0 Å².